The van der Waals surface area contributed by atoms with Crippen molar-refractivity contribution in [1.29, 1.82) is 0 Å². The zero-order valence-electron chi connectivity index (χ0n) is 6.59. The summed E-state index contributed by atoms with van der Waals surface area (Å²) in [6.07, 6.45) is 1.55. The van der Waals surface area contributed by atoms with Crippen LogP contribution in [0, 0.1) is 5.82 Å². The van der Waals surface area contributed by atoms with Crippen LogP contribution in [0.2, 0.25) is 0 Å². The second kappa shape index (κ2) is 3.76. The number of hydrogen-bond acceptors (Lipinski definition) is 2. The molecule has 0 radical (unpaired) electrons. The lowest BCUT2D eigenvalue weighted by Crippen LogP contribution is -1.96. The van der Waals surface area contributed by atoms with Crippen LogP contribution in [0.15, 0.2) is 30.9 Å². The first-order chi connectivity index (χ1) is 5.74. The van der Waals surface area contributed by atoms with Gasteiger partial charge in [-0.25, -0.2) is 4.39 Å². The van der Waals surface area contributed by atoms with Crippen LogP contribution in [0.5, 0.6) is 5.75 Å². The number of benzene rings is 1. The van der Waals surface area contributed by atoms with E-state index in [1.165, 1.54) is 12.1 Å². The third-order valence-electron chi connectivity index (χ3n) is 1.31. The molecule has 3 heteroatoms. The normalized spacial score (nSPS) is 9.42. The molecule has 1 aromatic rings. The van der Waals surface area contributed by atoms with Crippen LogP contribution in [-0.2, 0) is 0 Å². The van der Waals surface area contributed by atoms with Crippen LogP contribution in [0.25, 0.3) is 0 Å². The summed E-state index contributed by atoms with van der Waals surface area (Å²) in [5.41, 5.74) is 5.73. The predicted molar refractivity (Wildman–Crippen MR) is 46.5 cm³/mol. The molecule has 64 valence electrons. The number of rotatable bonds is 3. The average molecular weight is 167 g/mol. The molecule has 1 rings (SSSR count). The largest absolute Gasteiger partial charge is 0.486 e. The van der Waals surface area contributed by atoms with Crippen molar-refractivity contribution in [2.24, 2.45) is 0 Å². The first-order valence-electron chi connectivity index (χ1n) is 3.52. The molecule has 0 bridgehead atoms. The summed E-state index contributed by atoms with van der Waals surface area (Å²) in [7, 11) is 0. The minimum absolute atomic E-state index is 0.198. The highest BCUT2D eigenvalue weighted by molar-refractivity contribution is 5.42. The van der Waals surface area contributed by atoms with Crippen molar-refractivity contribution in [1.82, 2.24) is 0 Å². The summed E-state index contributed by atoms with van der Waals surface area (Å²) < 4.78 is 17.9. The Balaban J connectivity index is 2.78. The SMILES string of the molecule is C=CCOc1ccc(N)cc1F. The Bertz CT molecular complexity index is 286. The fourth-order valence-electron chi connectivity index (χ4n) is 0.783. The van der Waals surface area contributed by atoms with Crippen LogP contribution in [0.3, 0.4) is 0 Å². The van der Waals surface area contributed by atoms with Crippen LogP contribution >= 0.6 is 0 Å². The summed E-state index contributed by atoms with van der Waals surface area (Å²) in [5, 5.41) is 0. The second-order valence-electron chi connectivity index (χ2n) is 2.29. The molecule has 1 aromatic carbocycles. The molecule has 0 atom stereocenters. The zero-order valence-corrected chi connectivity index (χ0v) is 6.59. The maximum absolute atomic E-state index is 12.9. The van der Waals surface area contributed by atoms with E-state index in [1.807, 2.05) is 0 Å². The fraction of sp³-hybridized carbons (Fsp3) is 0.111. The van der Waals surface area contributed by atoms with E-state index in [4.69, 9.17) is 10.5 Å². The Labute approximate surface area is 70.5 Å². The van der Waals surface area contributed by atoms with Gasteiger partial charge in [0.1, 0.15) is 6.61 Å². The summed E-state index contributed by atoms with van der Waals surface area (Å²) in [5.74, 6) is -0.249. The monoisotopic (exact) mass is 167 g/mol. The number of halogens is 1. The molecule has 0 aliphatic heterocycles. The molecule has 0 spiro atoms. The maximum atomic E-state index is 12.9. The molecule has 0 aromatic heterocycles. The molecule has 0 amide bonds. The Morgan fingerprint density at radius 3 is 2.92 bits per heavy atom. The van der Waals surface area contributed by atoms with Crippen LogP contribution in [0.4, 0.5) is 10.1 Å². The van der Waals surface area contributed by atoms with Gasteiger partial charge in [-0.05, 0) is 12.1 Å². The standard InChI is InChI=1S/C9H10FNO/c1-2-5-12-9-4-3-7(11)6-8(9)10/h2-4,6H,1,5,11H2. The maximum Gasteiger partial charge on any atom is 0.167 e. The first kappa shape index (κ1) is 8.59. The van der Waals surface area contributed by atoms with Crippen molar-refractivity contribution in [3.8, 4) is 5.75 Å². The molecule has 12 heavy (non-hydrogen) atoms. The van der Waals surface area contributed by atoms with Gasteiger partial charge < -0.3 is 10.5 Å². The molecular weight excluding hydrogens is 157 g/mol. The quantitative estimate of drug-likeness (QED) is 0.551. The van der Waals surface area contributed by atoms with Gasteiger partial charge in [0.2, 0.25) is 0 Å². The lowest BCUT2D eigenvalue weighted by atomic mass is 10.3. The van der Waals surface area contributed by atoms with Crippen LogP contribution < -0.4 is 10.5 Å². The highest BCUT2D eigenvalue weighted by Crippen LogP contribution is 2.18. The van der Waals surface area contributed by atoms with Gasteiger partial charge in [0.05, 0.1) is 0 Å². The molecule has 0 saturated carbocycles. The zero-order chi connectivity index (χ0) is 8.97. The molecule has 0 fully saturated rings. The lowest BCUT2D eigenvalue weighted by Gasteiger charge is -2.04. The number of nitrogen functional groups attached to an aromatic ring is 1. The van der Waals surface area contributed by atoms with E-state index in [9.17, 15) is 4.39 Å². The highest BCUT2D eigenvalue weighted by Gasteiger charge is 2.01. The molecule has 2 nitrogen and oxygen atoms in total. The van der Waals surface area contributed by atoms with Gasteiger partial charge in [-0.2, -0.15) is 0 Å². The van der Waals surface area contributed by atoms with Gasteiger partial charge in [0.15, 0.2) is 11.6 Å². The smallest absolute Gasteiger partial charge is 0.167 e. The van der Waals surface area contributed by atoms with Gasteiger partial charge in [-0.15, -0.1) is 0 Å². The molecule has 0 aliphatic rings. The highest BCUT2D eigenvalue weighted by atomic mass is 19.1. The Hall–Kier alpha value is -1.51. The lowest BCUT2D eigenvalue weighted by molar-refractivity contribution is 0.342. The summed E-state index contributed by atoms with van der Waals surface area (Å²) in [4.78, 5) is 0. The van der Waals surface area contributed by atoms with Crippen molar-refractivity contribution in [3.63, 3.8) is 0 Å². The fourth-order valence-corrected chi connectivity index (χ4v) is 0.783. The molecule has 0 unspecified atom stereocenters. The van der Waals surface area contributed by atoms with E-state index in [2.05, 4.69) is 6.58 Å². The molecule has 0 aliphatic carbocycles. The summed E-state index contributed by atoms with van der Waals surface area (Å²) in [6, 6.07) is 4.30. The topological polar surface area (TPSA) is 35.2 Å². The van der Waals surface area contributed by atoms with Crippen LogP contribution in [0.1, 0.15) is 0 Å². The average Bonchev–Trinajstić information content (AvgIpc) is 2.03. The van der Waals surface area contributed by atoms with Gasteiger partial charge >= 0.3 is 0 Å². The van der Waals surface area contributed by atoms with Gasteiger partial charge in [0.25, 0.3) is 0 Å². The van der Waals surface area contributed by atoms with E-state index < -0.39 is 5.82 Å². The molecular formula is C9H10FNO. The summed E-state index contributed by atoms with van der Waals surface area (Å²) in [6.45, 7) is 3.74. The summed E-state index contributed by atoms with van der Waals surface area (Å²) >= 11 is 0. The Morgan fingerprint density at radius 2 is 2.33 bits per heavy atom. The molecule has 0 saturated heterocycles. The van der Waals surface area contributed by atoms with E-state index in [0.29, 0.717) is 12.3 Å². The van der Waals surface area contributed by atoms with Gasteiger partial charge in [-0.3, -0.25) is 0 Å². The van der Waals surface area contributed by atoms with E-state index in [1.54, 1.807) is 12.1 Å². The second-order valence-corrected chi connectivity index (χ2v) is 2.29. The molecule has 2 N–H and O–H groups in total. The van der Waals surface area contributed by atoms with Crippen molar-refractivity contribution in [2.45, 2.75) is 0 Å². The number of nitrogens with two attached hydrogens (primary N) is 1. The Morgan fingerprint density at radius 1 is 1.58 bits per heavy atom. The van der Waals surface area contributed by atoms with Crippen molar-refractivity contribution < 1.29 is 9.13 Å². The minimum Gasteiger partial charge on any atom is -0.486 e. The van der Waals surface area contributed by atoms with E-state index in [-0.39, 0.29) is 5.75 Å². The third kappa shape index (κ3) is 1.99. The minimum atomic E-state index is -0.447. The van der Waals surface area contributed by atoms with Crippen LogP contribution in [-0.4, -0.2) is 6.61 Å². The number of hydrogen-bond donors (Lipinski definition) is 1. The van der Waals surface area contributed by atoms with Gasteiger partial charge in [-0.1, -0.05) is 12.7 Å². The van der Waals surface area contributed by atoms with E-state index >= 15 is 0 Å². The number of ether oxygens (including phenoxy) is 1. The first-order valence-corrected chi connectivity index (χ1v) is 3.52. The third-order valence-corrected chi connectivity index (χ3v) is 1.31. The van der Waals surface area contributed by atoms with Crippen molar-refractivity contribution in [3.05, 3.63) is 36.7 Å². The number of anilines is 1. The predicted octanol–water partition coefficient (Wildman–Crippen LogP) is 1.97. The van der Waals surface area contributed by atoms with Crippen molar-refractivity contribution >= 4 is 5.69 Å². The van der Waals surface area contributed by atoms with Gasteiger partial charge in [0, 0.05) is 11.8 Å². The van der Waals surface area contributed by atoms with E-state index in [0.717, 1.165) is 0 Å². The Kier molecular flexibility index (Phi) is 2.69. The van der Waals surface area contributed by atoms with Crippen molar-refractivity contribution in [2.75, 3.05) is 12.3 Å². The molecule has 0 heterocycles.